The minimum atomic E-state index is 0.388. The summed E-state index contributed by atoms with van der Waals surface area (Å²) in [4.78, 5) is 6.73. The van der Waals surface area contributed by atoms with Gasteiger partial charge >= 0.3 is 0 Å². The molecule has 7 heteroatoms. The topological polar surface area (TPSA) is 60.1 Å². The molecule has 1 aliphatic heterocycles. The molecule has 0 aliphatic carbocycles. The fraction of sp³-hybridized carbons (Fsp3) is 0.500. The van der Waals surface area contributed by atoms with Crippen LogP contribution in [0.2, 0.25) is 0 Å². The molecule has 0 amide bonds. The maximum Gasteiger partial charge on any atom is 0.131 e. The molecule has 3 heterocycles. The summed E-state index contributed by atoms with van der Waals surface area (Å²) >= 11 is 0. The number of benzene rings is 1. The first-order valence-electron chi connectivity index (χ1n) is 11.2. The summed E-state index contributed by atoms with van der Waals surface area (Å²) in [6, 6.07) is 8.79. The van der Waals surface area contributed by atoms with E-state index in [2.05, 4.69) is 64.9 Å². The summed E-state index contributed by atoms with van der Waals surface area (Å²) in [5.41, 5.74) is 5.07. The van der Waals surface area contributed by atoms with Crippen LogP contribution < -0.4 is 10.2 Å². The third-order valence-electron chi connectivity index (χ3n) is 5.90. The zero-order valence-corrected chi connectivity index (χ0v) is 19.1. The first-order valence-corrected chi connectivity index (χ1v) is 11.2. The van der Waals surface area contributed by atoms with E-state index >= 15 is 0 Å². The van der Waals surface area contributed by atoms with E-state index in [0.717, 1.165) is 51.8 Å². The molecule has 0 radical (unpaired) electrons. The van der Waals surface area contributed by atoms with Crippen LogP contribution in [0.25, 0.3) is 0 Å². The number of nitrogens with one attached hydrogen (secondary N) is 1. The SMILES string of the molecule is Cc1nccn1Cc1cccc(CNCc2c(C(C)C)nn(C)c2N2CCOCC2)c1. The van der Waals surface area contributed by atoms with Crippen LogP contribution in [0.15, 0.2) is 36.7 Å². The lowest BCUT2D eigenvalue weighted by Gasteiger charge is -2.29. The average Bonchev–Trinajstić information content (AvgIpc) is 3.31. The Labute approximate surface area is 185 Å². The van der Waals surface area contributed by atoms with Gasteiger partial charge in [0.25, 0.3) is 0 Å². The average molecular weight is 423 g/mol. The molecule has 4 rings (SSSR count). The maximum atomic E-state index is 5.56. The van der Waals surface area contributed by atoms with Gasteiger partial charge in [-0.15, -0.1) is 0 Å². The van der Waals surface area contributed by atoms with Crippen LogP contribution >= 0.6 is 0 Å². The Morgan fingerprint density at radius 3 is 2.61 bits per heavy atom. The molecular formula is C24H34N6O. The summed E-state index contributed by atoms with van der Waals surface area (Å²) in [6.45, 7) is 12.3. The Balaban J connectivity index is 1.46. The molecule has 166 valence electrons. The highest BCUT2D eigenvalue weighted by Gasteiger charge is 2.24. The van der Waals surface area contributed by atoms with Crippen molar-refractivity contribution in [2.75, 3.05) is 31.2 Å². The van der Waals surface area contributed by atoms with Crippen LogP contribution in [0.5, 0.6) is 0 Å². The van der Waals surface area contributed by atoms with Crippen molar-refractivity contribution in [3.8, 4) is 0 Å². The summed E-state index contributed by atoms with van der Waals surface area (Å²) < 4.78 is 9.78. The van der Waals surface area contributed by atoms with Crippen LogP contribution in [0.1, 0.15) is 48.0 Å². The van der Waals surface area contributed by atoms with Gasteiger partial charge in [-0.05, 0) is 24.0 Å². The molecule has 0 bridgehead atoms. The molecule has 0 saturated carbocycles. The summed E-state index contributed by atoms with van der Waals surface area (Å²) in [6.07, 6.45) is 3.89. The lowest BCUT2D eigenvalue weighted by atomic mass is 10.0. The molecule has 1 N–H and O–H groups in total. The van der Waals surface area contributed by atoms with E-state index < -0.39 is 0 Å². The van der Waals surface area contributed by atoms with E-state index in [4.69, 9.17) is 9.84 Å². The molecule has 1 aliphatic rings. The van der Waals surface area contributed by atoms with Gasteiger partial charge in [-0.3, -0.25) is 4.68 Å². The number of hydrogen-bond acceptors (Lipinski definition) is 5. The second-order valence-corrected chi connectivity index (χ2v) is 8.59. The zero-order chi connectivity index (χ0) is 21.8. The molecular weight excluding hydrogens is 388 g/mol. The smallest absolute Gasteiger partial charge is 0.131 e. The predicted octanol–water partition coefficient (Wildman–Crippen LogP) is 3.22. The van der Waals surface area contributed by atoms with Crippen molar-refractivity contribution >= 4 is 5.82 Å². The van der Waals surface area contributed by atoms with E-state index in [-0.39, 0.29) is 0 Å². The van der Waals surface area contributed by atoms with E-state index in [1.54, 1.807) is 0 Å². The standard InChI is InChI=1S/C24H34N6O/c1-18(2)23-22(24(28(4)27-23)29-10-12-31-13-11-29)16-25-15-20-6-5-7-21(14-20)17-30-9-8-26-19(30)3/h5-9,14,18,25H,10-13,15-17H2,1-4H3. The monoisotopic (exact) mass is 422 g/mol. The van der Waals surface area contributed by atoms with E-state index in [1.165, 1.54) is 28.2 Å². The van der Waals surface area contributed by atoms with Crippen LogP contribution in [0.3, 0.4) is 0 Å². The van der Waals surface area contributed by atoms with Crippen molar-refractivity contribution in [3.63, 3.8) is 0 Å². The molecule has 3 aromatic rings. The van der Waals surface area contributed by atoms with Crippen LogP contribution in [0, 0.1) is 6.92 Å². The van der Waals surface area contributed by atoms with Crippen molar-refractivity contribution in [3.05, 3.63) is 64.9 Å². The van der Waals surface area contributed by atoms with Crippen LogP contribution in [-0.4, -0.2) is 45.6 Å². The number of imidazole rings is 1. The van der Waals surface area contributed by atoms with Gasteiger partial charge in [0.15, 0.2) is 0 Å². The summed E-state index contributed by atoms with van der Waals surface area (Å²) in [5.74, 6) is 2.65. The Morgan fingerprint density at radius 2 is 1.90 bits per heavy atom. The van der Waals surface area contributed by atoms with Crippen LogP contribution in [-0.2, 0) is 31.4 Å². The fourth-order valence-electron chi connectivity index (χ4n) is 4.32. The maximum absolute atomic E-state index is 5.56. The highest BCUT2D eigenvalue weighted by Crippen LogP contribution is 2.29. The fourth-order valence-corrected chi connectivity index (χ4v) is 4.32. The Kier molecular flexibility index (Phi) is 6.73. The molecule has 31 heavy (non-hydrogen) atoms. The molecule has 1 saturated heterocycles. The highest BCUT2D eigenvalue weighted by molar-refractivity contribution is 5.51. The Morgan fingerprint density at radius 1 is 1.13 bits per heavy atom. The van der Waals surface area contributed by atoms with Crippen molar-refractivity contribution in [2.24, 2.45) is 7.05 Å². The third kappa shape index (κ3) is 4.99. The second-order valence-electron chi connectivity index (χ2n) is 8.59. The predicted molar refractivity (Wildman–Crippen MR) is 123 cm³/mol. The first kappa shape index (κ1) is 21.6. The molecule has 0 spiro atoms. The lowest BCUT2D eigenvalue weighted by molar-refractivity contribution is 0.122. The molecule has 0 unspecified atom stereocenters. The Bertz CT molecular complexity index is 999. The van der Waals surface area contributed by atoms with E-state index in [0.29, 0.717) is 5.92 Å². The third-order valence-corrected chi connectivity index (χ3v) is 5.90. The lowest BCUT2D eigenvalue weighted by Crippen LogP contribution is -2.38. The number of nitrogens with zero attached hydrogens (tertiary/aromatic N) is 5. The minimum absolute atomic E-state index is 0.388. The Hall–Kier alpha value is -2.64. The van der Waals surface area contributed by atoms with Gasteiger partial charge in [0.2, 0.25) is 0 Å². The van der Waals surface area contributed by atoms with Crippen molar-refractivity contribution in [1.82, 2.24) is 24.6 Å². The van der Waals surface area contributed by atoms with E-state index in [9.17, 15) is 0 Å². The highest BCUT2D eigenvalue weighted by atomic mass is 16.5. The van der Waals surface area contributed by atoms with Crippen molar-refractivity contribution < 1.29 is 4.74 Å². The van der Waals surface area contributed by atoms with Gasteiger partial charge in [0.1, 0.15) is 11.6 Å². The molecule has 1 aromatic carbocycles. The van der Waals surface area contributed by atoms with Crippen molar-refractivity contribution in [1.29, 1.82) is 0 Å². The number of aryl methyl sites for hydroxylation is 2. The first-order chi connectivity index (χ1) is 15.0. The number of morpholine rings is 1. The van der Waals surface area contributed by atoms with Gasteiger partial charge in [0.05, 0.1) is 18.9 Å². The molecule has 2 aromatic heterocycles. The van der Waals surface area contributed by atoms with Gasteiger partial charge in [-0.25, -0.2) is 4.98 Å². The molecule has 0 atom stereocenters. The number of aromatic nitrogens is 4. The summed E-state index contributed by atoms with van der Waals surface area (Å²) in [7, 11) is 2.06. The normalized spacial score (nSPS) is 14.5. The molecule has 1 fully saturated rings. The van der Waals surface area contributed by atoms with Crippen molar-refractivity contribution in [2.45, 2.75) is 46.3 Å². The second kappa shape index (κ2) is 9.66. The quantitative estimate of drug-likeness (QED) is 0.604. The van der Waals surface area contributed by atoms with Gasteiger partial charge in [-0.2, -0.15) is 5.10 Å². The molecule has 7 nitrogen and oxygen atoms in total. The number of hydrogen-bond donors (Lipinski definition) is 1. The van der Waals surface area contributed by atoms with Gasteiger partial charge in [0, 0.05) is 57.7 Å². The van der Waals surface area contributed by atoms with E-state index in [1.807, 2.05) is 24.0 Å². The number of anilines is 1. The number of ether oxygens (including phenoxy) is 1. The van der Waals surface area contributed by atoms with Crippen LogP contribution in [0.4, 0.5) is 5.82 Å². The largest absolute Gasteiger partial charge is 0.378 e. The van der Waals surface area contributed by atoms with Gasteiger partial charge in [-0.1, -0.05) is 38.1 Å². The minimum Gasteiger partial charge on any atom is -0.378 e. The zero-order valence-electron chi connectivity index (χ0n) is 19.1. The van der Waals surface area contributed by atoms with Gasteiger partial charge < -0.3 is 19.5 Å². The number of rotatable bonds is 8. The summed E-state index contributed by atoms with van der Waals surface area (Å²) in [5, 5.41) is 8.53.